The van der Waals surface area contributed by atoms with Crippen molar-refractivity contribution in [2.75, 3.05) is 19.0 Å². The first-order valence-electron chi connectivity index (χ1n) is 5.61. The lowest BCUT2D eigenvalue weighted by Gasteiger charge is -2.16. The molecule has 2 heteroatoms. The zero-order chi connectivity index (χ0) is 11.1. The highest BCUT2D eigenvalue weighted by Gasteiger charge is 2.03. The molecule has 0 saturated carbocycles. The van der Waals surface area contributed by atoms with Crippen LogP contribution >= 0.6 is 0 Å². The van der Waals surface area contributed by atoms with Gasteiger partial charge in [-0.05, 0) is 31.4 Å². The van der Waals surface area contributed by atoms with E-state index in [-0.39, 0.29) is 0 Å². The predicted molar refractivity (Wildman–Crippen MR) is 65.4 cm³/mol. The molecule has 1 unspecified atom stereocenters. The molecule has 0 amide bonds. The van der Waals surface area contributed by atoms with Crippen molar-refractivity contribution in [2.45, 2.75) is 32.7 Å². The number of nitrogens with one attached hydrogen (secondary N) is 1. The third kappa shape index (κ3) is 3.92. The standard InChI is InChI=1S/C13H21NO/c1-4-11(2)14-13-8-6-5-7-12(13)9-10-15-3/h5-8,11,14H,4,9-10H2,1-3H3. The molecule has 1 atom stereocenters. The SMILES string of the molecule is CCC(C)Nc1ccccc1CCOC. The average Bonchev–Trinajstić information content (AvgIpc) is 2.28. The van der Waals surface area contributed by atoms with Gasteiger partial charge in [-0.2, -0.15) is 0 Å². The molecule has 0 aromatic heterocycles. The van der Waals surface area contributed by atoms with Crippen molar-refractivity contribution in [1.82, 2.24) is 0 Å². The van der Waals surface area contributed by atoms with Crippen molar-refractivity contribution < 1.29 is 4.74 Å². The molecule has 15 heavy (non-hydrogen) atoms. The molecule has 1 rings (SSSR count). The molecule has 0 saturated heterocycles. The van der Waals surface area contributed by atoms with Gasteiger partial charge in [-0.25, -0.2) is 0 Å². The summed E-state index contributed by atoms with van der Waals surface area (Å²) >= 11 is 0. The topological polar surface area (TPSA) is 21.3 Å². The molecule has 0 aliphatic heterocycles. The molecular weight excluding hydrogens is 186 g/mol. The van der Waals surface area contributed by atoms with Gasteiger partial charge < -0.3 is 10.1 Å². The van der Waals surface area contributed by atoms with Gasteiger partial charge in [0.1, 0.15) is 0 Å². The van der Waals surface area contributed by atoms with E-state index in [9.17, 15) is 0 Å². The third-order valence-corrected chi connectivity index (χ3v) is 2.61. The Kier molecular flexibility index (Phi) is 5.19. The van der Waals surface area contributed by atoms with Crippen LogP contribution in [0.25, 0.3) is 0 Å². The Morgan fingerprint density at radius 3 is 2.73 bits per heavy atom. The molecule has 0 spiro atoms. The molecule has 0 radical (unpaired) electrons. The minimum Gasteiger partial charge on any atom is -0.384 e. The lowest BCUT2D eigenvalue weighted by atomic mass is 10.1. The maximum atomic E-state index is 5.10. The number of rotatable bonds is 6. The van der Waals surface area contributed by atoms with E-state index in [0.29, 0.717) is 6.04 Å². The highest BCUT2D eigenvalue weighted by Crippen LogP contribution is 2.17. The largest absolute Gasteiger partial charge is 0.384 e. The Labute approximate surface area is 92.6 Å². The van der Waals surface area contributed by atoms with Crippen LogP contribution in [-0.2, 0) is 11.2 Å². The van der Waals surface area contributed by atoms with Gasteiger partial charge in [0.25, 0.3) is 0 Å². The summed E-state index contributed by atoms with van der Waals surface area (Å²) in [6.45, 7) is 5.17. The number of methoxy groups -OCH3 is 1. The molecule has 84 valence electrons. The second-order valence-corrected chi connectivity index (χ2v) is 3.85. The fourth-order valence-corrected chi connectivity index (χ4v) is 1.46. The Bertz CT molecular complexity index is 286. The first-order valence-corrected chi connectivity index (χ1v) is 5.61. The van der Waals surface area contributed by atoms with Gasteiger partial charge >= 0.3 is 0 Å². The van der Waals surface area contributed by atoms with Gasteiger partial charge in [-0.3, -0.25) is 0 Å². The minimum atomic E-state index is 0.522. The van der Waals surface area contributed by atoms with Crippen LogP contribution in [0.2, 0.25) is 0 Å². The van der Waals surface area contributed by atoms with Gasteiger partial charge in [0.15, 0.2) is 0 Å². The molecule has 0 heterocycles. The lowest BCUT2D eigenvalue weighted by molar-refractivity contribution is 0.202. The molecule has 2 nitrogen and oxygen atoms in total. The summed E-state index contributed by atoms with van der Waals surface area (Å²) in [6.07, 6.45) is 2.11. The van der Waals surface area contributed by atoms with Crippen LogP contribution in [0, 0.1) is 0 Å². The zero-order valence-electron chi connectivity index (χ0n) is 9.92. The van der Waals surface area contributed by atoms with Gasteiger partial charge in [-0.15, -0.1) is 0 Å². The Balaban J connectivity index is 2.67. The summed E-state index contributed by atoms with van der Waals surface area (Å²) in [5.74, 6) is 0. The molecule has 0 aliphatic carbocycles. The van der Waals surface area contributed by atoms with Crippen LogP contribution in [0.4, 0.5) is 5.69 Å². The summed E-state index contributed by atoms with van der Waals surface area (Å²) in [6, 6.07) is 8.96. The summed E-state index contributed by atoms with van der Waals surface area (Å²) in [5.41, 5.74) is 2.57. The molecule has 1 N–H and O–H groups in total. The van der Waals surface area contributed by atoms with Crippen LogP contribution in [0.5, 0.6) is 0 Å². The highest BCUT2D eigenvalue weighted by atomic mass is 16.5. The minimum absolute atomic E-state index is 0.522. The Morgan fingerprint density at radius 1 is 1.33 bits per heavy atom. The number of anilines is 1. The van der Waals surface area contributed by atoms with Crippen molar-refractivity contribution >= 4 is 5.69 Å². The Hall–Kier alpha value is -1.02. The molecule has 1 aromatic carbocycles. The number of para-hydroxylation sites is 1. The molecule has 1 aromatic rings. The van der Waals surface area contributed by atoms with Gasteiger partial charge in [0.2, 0.25) is 0 Å². The van der Waals surface area contributed by atoms with Crippen LogP contribution in [-0.4, -0.2) is 19.8 Å². The highest BCUT2D eigenvalue weighted by molar-refractivity contribution is 5.51. The number of hydrogen-bond acceptors (Lipinski definition) is 2. The van der Waals surface area contributed by atoms with E-state index in [1.807, 2.05) is 0 Å². The van der Waals surface area contributed by atoms with Crippen LogP contribution in [0.3, 0.4) is 0 Å². The molecule has 0 aliphatic rings. The lowest BCUT2D eigenvalue weighted by Crippen LogP contribution is -2.15. The van der Waals surface area contributed by atoms with E-state index in [0.717, 1.165) is 19.4 Å². The number of ether oxygens (including phenoxy) is 1. The first kappa shape index (κ1) is 12.1. The van der Waals surface area contributed by atoms with E-state index >= 15 is 0 Å². The van der Waals surface area contributed by atoms with E-state index in [4.69, 9.17) is 4.74 Å². The number of benzene rings is 1. The second-order valence-electron chi connectivity index (χ2n) is 3.85. The van der Waals surface area contributed by atoms with Crippen LogP contribution < -0.4 is 5.32 Å². The van der Waals surface area contributed by atoms with Gasteiger partial charge in [-0.1, -0.05) is 25.1 Å². The van der Waals surface area contributed by atoms with Crippen molar-refractivity contribution in [1.29, 1.82) is 0 Å². The summed E-state index contributed by atoms with van der Waals surface area (Å²) < 4.78 is 5.10. The molecule has 0 bridgehead atoms. The summed E-state index contributed by atoms with van der Waals surface area (Å²) in [5, 5.41) is 3.51. The monoisotopic (exact) mass is 207 g/mol. The normalized spacial score (nSPS) is 12.5. The van der Waals surface area contributed by atoms with E-state index in [1.165, 1.54) is 11.3 Å². The maximum Gasteiger partial charge on any atom is 0.0503 e. The predicted octanol–water partition coefficient (Wildman–Crippen LogP) is 3.09. The summed E-state index contributed by atoms with van der Waals surface area (Å²) in [7, 11) is 1.74. The summed E-state index contributed by atoms with van der Waals surface area (Å²) in [4.78, 5) is 0. The van der Waals surface area contributed by atoms with Gasteiger partial charge in [0, 0.05) is 18.8 Å². The average molecular weight is 207 g/mol. The van der Waals surface area contributed by atoms with E-state index in [2.05, 4.69) is 43.4 Å². The van der Waals surface area contributed by atoms with E-state index < -0.39 is 0 Å². The molecule has 0 fully saturated rings. The van der Waals surface area contributed by atoms with Crippen LogP contribution in [0.1, 0.15) is 25.8 Å². The molecular formula is C13H21NO. The third-order valence-electron chi connectivity index (χ3n) is 2.61. The van der Waals surface area contributed by atoms with Gasteiger partial charge in [0.05, 0.1) is 6.61 Å². The van der Waals surface area contributed by atoms with Crippen molar-refractivity contribution in [3.8, 4) is 0 Å². The smallest absolute Gasteiger partial charge is 0.0503 e. The van der Waals surface area contributed by atoms with Crippen molar-refractivity contribution in [2.24, 2.45) is 0 Å². The first-order chi connectivity index (χ1) is 7.27. The quantitative estimate of drug-likeness (QED) is 0.774. The fourth-order valence-electron chi connectivity index (χ4n) is 1.46. The Morgan fingerprint density at radius 2 is 2.07 bits per heavy atom. The van der Waals surface area contributed by atoms with Crippen molar-refractivity contribution in [3.63, 3.8) is 0 Å². The fraction of sp³-hybridized carbons (Fsp3) is 0.538. The number of hydrogen-bond donors (Lipinski definition) is 1. The van der Waals surface area contributed by atoms with Crippen molar-refractivity contribution in [3.05, 3.63) is 29.8 Å². The second kappa shape index (κ2) is 6.46. The zero-order valence-corrected chi connectivity index (χ0v) is 9.92. The van der Waals surface area contributed by atoms with Crippen LogP contribution in [0.15, 0.2) is 24.3 Å². The van der Waals surface area contributed by atoms with E-state index in [1.54, 1.807) is 7.11 Å². The maximum absolute atomic E-state index is 5.10.